The number of amides is 2. The van der Waals surface area contributed by atoms with E-state index in [1.807, 2.05) is 6.92 Å². The van der Waals surface area contributed by atoms with Crippen molar-refractivity contribution in [3.63, 3.8) is 0 Å². The number of carbonyl (C=O) groups excluding carboxylic acids is 2. The Hall–Kier alpha value is -3.06. The van der Waals surface area contributed by atoms with Crippen LogP contribution in [-0.2, 0) is 16.0 Å². The molecule has 0 bridgehead atoms. The number of rotatable bonds is 10. The van der Waals surface area contributed by atoms with E-state index in [1.54, 1.807) is 62.4 Å². The number of nitrogens with one attached hydrogen (secondary N) is 2. The van der Waals surface area contributed by atoms with Crippen LogP contribution in [0.15, 0.2) is 48.5 Å². The van der Waals surface area contributed by atoms with E-state index in [4.69, 9.17) is 9.47 Å². The third-order valence-electron chi connectivity index (χ3n) is 3.98. The van der Waals surface area contributed by atoms with Crippen LogP contribution in [0.2, 0.25) is 0 Å². The first-order valence-electron chi connectivity index (χ1n) is 9.47. The average molecular weight is 400 g/mol. The van der Waals surface area contributed by atoms with E-state index in [0.29, 0.717) is 18.0 Å². The van der Waals surface area contributed by atoms with Gasteiger partial charge in [0.1, 0.15) is 11.5 Å². The first-order valence-corrected chi connectivity index (χ1v) is 9.47. The molecule has 2 aromatic rings. The number of ether oxygens (including phenoxy) is 2. The van der Waals surface area contributed by atoms with Crippen LogP contribution in [0, 0.1) is 0 Å². The van der Waals surface area contributed by atoms with Crippen molar-refractivity contribution in [3.05, 3.63) is 54.1 Å². The van der Waals surface area contributed by atoms with E-state index < -0.39 is 5.54 Å². The third-order valence-corrected chi connectivity index (χ3v) is 3.98. The largest absolute Gasteiger partial charge is 0.494 e. The van der Waals surface area contributed by atoms with Crippen LogP contribution in [-0.4, -0.2) is 42.3 Å². The SMILES string of the molecule is CCOc1ccc(OCC(=O)Nc2ccc(CC(=O)NC(C)(C)CO)cc2)cc1. The summed E-state index contributed by atoms with van der Waals surface area (Å²) in [5.41, 5.74) is 0.763. The lowest BCUT2D eigenvalue weighted by molar-refractivity contribution is -0.122. The maximum absolute atomic E-state index is 12.1. The van der Waals surface area contributed by atoms with Gasteiger partial charge < -0.3 is 25.2 Å². The summed E-state index contributed by atoms with van der Waals surface area (Å²) in [6.45, 7) is 5.75. The highest BCUT2D eigenvalue weighted by atomic mass is 16.5. The Balaban J connectivity index is 1.79. The van der Waals surface area contributed by atoms with Gasteiger partial charge in [0, 0.05) is 5.69 Å². The predicted molar refractivity (Wildman–Crippen MR) is 111 cm³/mol. The zero-order valence-corrected chi connectivity index (χ0v) is 17.0. The van der Waals surface area contributed by atoms with Gasteiger partial charge in [0.05, 0.1) is 25.2 Å². The number of aliphatic hydroxyl groups excluding tert-OH is 1. The zero-order valence-electron chi connectivity index (χ0n) is 17.0. The molecular weight excluding hydrogens is 372 g/mol. The summed E-state index contributed by atoms with van der Waals surface area (Å²) in [6, 6.07) is 14.1. The van der Waals surface area contributed by atoms with E-state index in [2.05, 4.69) is 10.6 Å². The van der Waals surface area contributed by atoms with Crippen molar-refractivity contribution in [2.24, 2.45) is 0 Å². The Morgan fingerprint density at radius 2 is 1.52 bits per heavy atom. The lowest BCUT2D eigenvalue weighted by atomic mass is 10.1. The lowest BCUT2D eigenvalue weighted by Crippen LogP contribution is -2.46. The van der Waals surface area contributed by atoms with Crippen molar-refractivity contribution in [2.75, 3.05) is 25.1 Å². The van der Waals surface area contributed by atoms with Crippen LogP contribution < -0.4 is 20.1 Å². The van der Waals surface area contributed by atoms with Gasteiger partial charge in [-0.1, -0.05) is 12.1 Å². The Labute approximate surface area is 171 Å². The third kappa shape index (κ3) is 7.83. The van der Waals surface area contributed by atoms with Gasteiger partial charge in [-0.2, -0.15) is 0 Å². The molecule has 0 aliphatic heterocycles. The molecule has 0 heterocycles. The average Bonchev–Trinajstić information content (AvgIpc) is 2.69. The van der Waals surface area contributed by atoms with Gasteiger partial charge in [-0.05, 0) is 62.7 Å². The lowest BCUT2D eigenvalue weighted by Gasteiger charge is -2.23. The van der Waals surface area contributed by atoms with Gasteiger partial charge in [-0.3, -0.25) is 9.59 Å². The summed E-state index contributed by atoms with van der Waals surface area (Å²) in [5.74, 6) is 0.868. The molecule has 0 radical (unpaired) electrons. The molecule has 2 rings (SSSR count). The molecule has 7 nitrogen and oxygen atoms in total. The molecule has 0 unspecified atom stereocenters. The van der Waals surface area contributed by atoms with E-state index in [9.17, 15) is 14.7 Å². The number of hydrogen-bond acceptors (Lipinski definition) is 5. The topological polar surface area (TPSA) is 96.9 Å². The van der Waals surface area contributed by atoms with E-state index in [0.717, 1.165) is 11.3 Å². The number of benzene rings is 2. The molecule has 2 amide bonds. The van der Waals surface area contributed by atoms with Gasteiger partial charge in [0.2, 0.25) is 5.91 Å². The molecule has 0 saturated carbocycles. The fraction of sp³-hybridized carbons (Fsp3) is 0.364. The van der Waals surface area contributed by atoms with E-state index >= 15 is 0 Å². The molecule has 7 heteroatoms. The first kappa shape index (κ1) is 22.2. The number of aliphatic hydroxyl groups is 1. The van der Waals surface area contributed by atoms with Crippen LogP contribution in [0.3, 0.4) is 0 Å². The van der Waals surface area contributed by atoms with Crippen molar-refractivity contribution < 1.29 is 24.2 Å². The highest BCUT2D eigenvalue weighted by Crippen LogP contribution is 2.17. The molecule has 0 fully saturated rings. The first-order chi connectivity index (χ1) is 13.8. The molecule has 0 aliphatic carbocycles. The van der Waals surface area contributed by atoms with Crippen LogP contribution in [0.4, 0.5) is 5.69 Å². The molecule has 29 heavy (non-hydrogen) atoms. The fourth-order valence-corrected chi connectivity index (χ4v) is 2.50. The number of hydrogen-bond donors (Lipinski definition) is 3. The zero-order chi connectivity index (χ0) is 21.3. The Morgan fingerprint density at radius 3 is 2.07 bits per heavy atom. The van der Waals surface area contributed by atoms with Crippen molar-refractivity contribution in [1.29, 1.82) is 0 Å². The summed E-state index contributed by atoms with van der Waals surface area (Å²) in [5, 5.41) is 14.7. The van der Waals surface area contributed by atoms with Gasteiger partial charge in [0.25, 0.3) is 5.91 Å². The van der Waals surface area contributed by atoms with Crippen molar-refractivity contribution in [1.82, 2.24) is 5.32 Å². The smallest absolute Gasteiger partial charge is 0.262 e. The van der Waals surface area contributed by atoms with Crippen LogP contribution in [0.25, 0.3) is 0 Å². The fourth-order valence-electron chi connectivity index (χ4n) is 2.50. The van der Waals surface area contributed by atoms with Crippen LogP contribution in [0.1, 0.15) is 26.3 Å². The molecule has 0 saturated heterocycles. The molecule has 0 atom stereocenters. The van der Waals surface area contributed by atoms with Crippen molar-refractivity contribution in [3.8, 4) is 11.5 Å². The predicted octanol–water partition coefficient (Wildman–Crippen LogP) is 2.53. The Morgan fingerprint density at radius 1 is 0.931 bits per heavy atom. The number of carbonyl (C=O) groups is 2. The quantitative estimate of drug-likeness (QED) is 0.569. The molecule has 3 N–H and O–H groups in total. The monoisotopic (exact) mass is 400 g/mol. The van der Waals surface area contributed by atoms with Crippen molar-refractivity contribution >= 4 is 17.5 Å². The second kappa shape index (κ2) is 10.5. The normalized spacial score (nSPS) is 10.9. The van der Waals surface area contributed by atoms with Crippen LogP contribution in [0.5, 0.6) is 11.5 Å². The van der Waals surface area contributed by atoms with Gasteiger partial charge in [-0.25, -0.2) is 0 Å². The highest BCUT2D eigenvalue weighted by molar-refractivity contribution is 5.92. The second-order valence-corrected chi connectivity index (χ2v) is 7.21. The summed E-state index contributed by atoms with van der Waals surface area (Å²) in [4.78, 5) is 24.1. The Kier molecular flexibility index (Phi) is 8.03. The minimum Gasteiger partial charge on any atom is -0.494 e. The molecule has 156 valence electrons. The van der Waals surface area contributed by atoms with Gasteiger partial charge in [-0.15, -0.1) is 0 Å². The second-order valence-electron chi connectivity index (χ2n) is 7.21. The molecule has 0 aliphatic rings. The maximum Gasteiger partial charge on any atom is 0.262 e. The van der Waals surface area contributed by atoms with Gasteiger partial charge in [0.15, 0.2) is 6.61 Å². The maximum atomic E-state index is 12.1. The van der Waals surface area contributed by atoms with Crippen molar-refractivity contribution in [2.45, 2.75) is 32.7 Å². The summed E-state index contributed by atoms with van der Waals surface area (Å²) in [6.07, 6.45) is 0.193. The summed E-state index contributed by atoms with van der Waals surface area (Å²) >= 11 is 0. The summed E-state index contributed by atoms with van der Waals surface area (Å²) in [7, 11) is 0. The molecule has 0 spiro atoms. The highest BCUT2D eigenvalue weighted by Gasteiger charge is 2.19. The van der Waals surface area contributed by atoms with Crippen LogP contribution >= 0.6 is 0 Å². The minimum atomic E-state index is -0.658. The van der Waals surface area contributed by atoms with E-state index in [-0.39, 0.29) is 31.4 Å². The number of anilines is 1. The minimum absolute atomic E-state index is 0.117. The standard InChI is InChI=1S/C22H28N2O5/c1-4-28-18-9-11-19(12-10-18)29-14-21(27)23-17-7-5-16(6-8-17)13-20(26)24-22(2,3)15-25/h5-12,25H,4,13-15H2,1-3H3,(H,23,27)(H,24,26). The molecular formula is C22H28N2O5. The van der Waals surface area contributed by atoms with Gasteiger partial charge >= 0.3 is 0 Å². The van der Waals surface area contributed by atoms with E-state index in [1.165, 1.54) is 0 Å². The molecule has 2 aromatic carbocycles. The molecule has 0 aromatic heterocycles. The summed E-state index contributed by atoms with van der Waals surface area (Å²) < 4.78 is 10.8. The Bertz CT molecular complexity index is 801.